The van der Waals surface area contributed by atoms with Gasteiger partial charge in [-0.3, -0.25) is 14.9 Å². The number of thiophene rings is 1. The first-order valence-corrected chi connectivity index (χ1v) is 7.63. The molecule has 9 heteroatoms. The van der Waals surface area contributed by atoms with Crippen molar-refractivity contribution in [3.8, 4) is 10.6 Å². The van der Waals surface area contributed by atoms with Crippen LogP contribution in [0.2, 0.25) is 0 Å². The Kier molecular flexibility index (Phi) is 5.88. The number of allylic oxidation sites excluding steroid dienone is 1. The van der Waals surface area contributed by atoms with E-state index in [-0.39, 0.29) is 23.6 Å². The van der Waals surface area contributed by atoms with Gasteiger partial charge in [0.15, 0.2) is 0 Å². The molecule has 0 aliphatic rings. The number of carbonyl (C=O) groups excluding carboxylic acids is 3. The van der Waals surface area contributed by atoms with Crippen molar-refractivity contribution in [3.63, 3.8) is 0 Å². The molecule has 0 saturated heterocycles. The lowest BCUT2D eigenvalue weighted by Gasteiger charge is -2.09. The van der Waals surface area contributed by atoms with Crippen molar-refractivity contribution in [3.05, 3.63) is 40.9 Å². The molecular formula is C15H14N4O4S. The van der Waals surface area contributed by atoms with E-state index in [0.29, 0.717) is 12.0 Å². The highest BCUT2D eigenvalue weighted by atomic mass is 32.1. The third-order valence-corrected chi connectivity index (χ3v) is 3.83. The van der Waals surface area contributed by atoms with Crippen molar-refractivity contribution in [1.82, 2.24) is 9.97 Å². The summed E-state index contributed by atoms with van der Waals surface area (Å²) in [5.74, 6) is -1.19. The van der Waals surface area contributed by atoms with E-state index in [4.69, 9.17) is 10.5 Å². The number of aromatic nitrogens is 2. The summed E-state index contributed by atoms with van der Waals surface area (Å²) in [6, 6.07) is 3.59. The van der Waals surface area contributed by atoms with Gasteiger partial charge in [0.25, 0.3) is 5.91 Å². The SMILES string of the molecule is COC(=O)c1cnc(NC(=O)/C(=C\C=O)CN)nc1-c1cccs1. The second kappa shape index (κ2) is 8.09. The fourth-order valence-corrected chi connectivity index (χ4v) is 2.53. The zero-order chi connectivity index (χ0) is 17.5. The first-order chi connectivity index (χ1) is 11.6. The summed E-state index contributed by atoms with van der Waals surface area (Å²) in [6.45, 7) is -0.109. The van der Waals surface area contributed by atoms with Crippen molar-refractivity contribution in [2.75, 3.05) is 19.0 Å². The molecule has 0 radical (unpaired) electrons. The van der Waals surface area contributed by atoms with E-state index in [0.717, 1.165) is 11.0 Å². The Hall–Kier alpha value is -2.91. The number of hydrogen-bond donors (Lipinski definition) is 2. The van der Waals surface area contributed by atoms with Gasteiger partial charge in [-0.15, -0.1) is 11.3 Å². The van der Waals surface area contributed by atoms with Gasteiger partial charge in [0, 0.05) is 18.3 Å². The molecule has 2 rings (SSSR count). The molecule has 124 valence electrons. The zero-order valence-corrected chi connectivity index (χ0v) is 13.5. The summed E-state index contributed by atoms with van der Waals surface area (Å²) in [4.78, 5) is 43.2. The van der Waals surface area contributed by atoms with Gasteiger partial charge in [0.05, 0.1) is 12.0 Å². The van der Waals surface area contributed by atoms with Crippen molar-refractivity contribution >= 4 is 35.4 Å². The number of hydrogen-bond acceptors (Lipinski definition) is 8. The third kappa shape index (κ3) is 3.89. The van der Waals surface area contributed by atoms with Crippen LogP contribution in [0.3, 0.4) is 0 Å². The van der Waals surface area contributed by atoms with Gasteiger partial charge in [-0.2, -0.15) is 0 Å². The molecule has 0 aromatic carbocycles. The molecule has 1 amide bonds. The topological polar surface area (TPSA) is 124 Å². The molecule has 2 aromatic heterocycles. The van der Waals surface area contributed by atoms with Crippen LogP contribution in [0.25, 0.3) is 10.6 Å². The number of methoxy groups -OCH3 is 1. The molecule has 0 unspecified atom stereocenters. The van der Waals surface area contributed by atoms with Crippen molar-refractivity contribution in [2.45, 2.75) is 0 Å². The molecule has 2 aromatic rings. The average Bonchev–Trinajstić information content (AvgIpc) is 3.13. The highest BCUT2D eigenvalue weighted by Gasteiger charge is 2.18. The molecule has 0 bridgehead atoms. The number of ether oxygens (including phenoxy) is 1. The Labute approximate surface area is 141 Å². The Morgan fingerprint density at radius 3 is 2.83 bits per heavy atom. The summed E-state index contributed by atoms with van der Waals surface area (Å²) < 4.78 is 4.72. The minimum atomic E-state index is -0.590. The van der Waals surface area contributed by atoms with Crippen LogP contribution in [0.15, 0.2) is 35.4 Å². The number of carbonyl (C=O) groups is 3. The minimum absolute atomic E-state index is 0.0127. The molecule has 0 aliphatic carbocycles. The van der Waals surface area contributed by atoms with Crippen molar-refractivity contribution < 1.29 is 19.1 Å². The standard InChI is InChI=1S/C15H14N4O4S/c1-23-14(22)10-8-17-15(18-12(10)11-3-2-6-24-11)19-13(21)9(7-16)4-5-20/h2-6,8H,7,16H2,1H3,(H,17,18,19,21)/b9-4-. The van der Waals surface area contributed by atoms with Gasteiger partial charge in [0.1, 0.15) is 17.5 Å². The van der Waals surface area contributed by atoms with Gasteiger partial charge in [-0.05, 0) is 17.5 Å². The van der Waals surface area contributed by atoms with E-state index in [1.54, 1.807) is 12.1 Å². The van der Waals surface area contributed by atoms with Crippen LogP contribution in [0, 0.1) is 0 Å². The Morgan fingerprint density at radius 2 is 2.25 bits per heavy atom. The molecule has 24 heavy (non-hydrogen) atoms. The molecule has 3 N–H and O–H groups in total. The summed E-state index contributed by atoms with van der Waals surface area (Å²) in [5.41, 5.74) is 6.02. The molecule has 0 spiro atoms. The largest absolute Gasteiger partial charge is 0.465 e. The minimum Gasteiger partial charge on any atom is -0.465 e. The maximum absolute atomic E-state index is 12.0. The summed E-state index contributed by atoms with van der Waals surface area (Å²) in [6.07, 6.45) is 2.81. The molecule has 0 aliphatic heterocycles. The van der Waals surface area contributed by atoms with E-state index in [9.17, 15) is 14.4 Å². The second-order valence-corrected chi connectivity index (χ2v) is 5.36. The van der Waals surface area contributed by atoms with Crippen LogP contribution >= 0.6 is 11.3 Å². The molecule has 0 fully saturated rings. The smallest absolute Gasteiger partial charge is 0.341 e. The lowest BCUT2D eigenvalue weighted by molar-refractivity contribution is -0.113. The van der Waals surface area contributed by atoms with Gasteiger partial charge in [-0.1, -0.05) is 6.07 Å². The fourth-order valence-electron chi connectivity index (χ4n) is 1.80. The fraction of sp³-hybridized carbons (Fsp3) is 0.133. The van der Waals surface area contributed by atoms with Gasteiger partial charge in [0.2, 0.25) is 5.95 Å². The third-order valence-electron chi connectivity index (χ3n) is 2.95. The van der Waals surface area contributed by atoms with Gasteiger partial charge in [-0.25, -0.2) is 14.8 Å². The first kappa shape index (κ1) is 17.4. The quantitative estimate of drug-likeness (QED) is 0.454. The predicted molar refractivity (Wildman–Crippen MR) is 88.5 cm³/mol. The average molecular weight is 346 g/mol. The van der Waals surface area contributed by atoms with Crippen LogP contribution in [-0.4, -0.2) is 41.8 Å². The maximum atomic E-state index is 12.0. The van der Waals surface area contributed by atoms with E-state index in [1.807, 2.05) is 5.38 Å². The highest BCUT2D eigenvalue weighted by Crippen LogP contribution is 2.27. The van der Waals surface area contributed by atoms with Crippen LogP contribution in [0.5, 0.6) is 0 Å². The Morgan fingerprint density at radius 1 is 1.46 bits per heavy atom. The summed E-state index contributed by atoms with van der Waals surface area (Å²) in [7, 11) is 1.26. The lowest BCUT2D eigenvalue weighted by Crippen LogP contribution is -2.22. The monoisotopic (exact) mass is 346 g/mol. The number of nitrogens with one attached hydrogen (secondary N) is 1. The van der Waals surface area contributed by atoms with Crippen LogP contribution < -0.4 is 11.1 Å². The molecule has 0 atom stereocenters. The number of esters is 1. The first-order valence-electron chi connectivity index (χ1n) is 6.75. The molecular weight excluding hydrogens is 332 g/mol. The van der Waals surface area contributed by atoms with E-state index in [2.05, 4.69) is 15.3 Å². The number of nitrogens with zero attached hydrogens (tertiary/aromatic N) is 2. The van der Waals surface area contributed by atoms with E-state index >= 15 is 0 Å². The lowest BCUT2D eigenvalue weighted by atomic mass is 10.2. The Bertz CT molecular complexity index is 787. The van der Waals surface area contributed by atoms with Crippen LogP contribution in [0.4, 0.5) is 5.95 Å². The summed E-state index contributed by atoms with van der Waals surface area (Å²) in [5, 5.41) is 4.28. The van der Waals surface area contributed by atoms with Crippen LogP contribution in [0.1, 0.15) is 10.4 Å². The van der Waals surface area contributed by atoms with Crippen molar-refractivity contribution in [2.24, 2.45) is 5.73 Å². The zero-order valence-electron chi connectivity index (χ0n) is 12.7. The normalized spacial score (nSPS) is 11.0. The number of nitrogens with two attached hydrogens (primary N) is 1. The molecule has 2 heterocycles. The second-order valence-electron chi connectivity index (χ2n) is 4.41. The van der Waals surface area contributed by atoms with Gasteiger partial charge >= 0.3 is 5.97 Å². The molecule has 0 saturated carbocycles. The molecule has 8 nitrogen and oxygen atoms in total. The van der Waals surface area contributed by atoms with E-state index < -0.39 is 11.9 Å². The number of rotatable bonds is 6. The van der Waals surface area contributed by atoms with Crippen molar-refractivity contribution in [1.29, 1.82) is 0 Å². The number of amides is 1. The van der Waals surface area contributed by atoms with E-state index in [1.165, 1.54) is 24.6 Å². The Balaban J connectivity index is 2.38. The maximum Gasteiger partial charge on any atom is 0.341 e. The van der Waals surface area contributed by atoms with Gasteiger partial charge < -0.3 is 10.5 Å². The van der Waals surface area contributed by atoms with Crippen LogP contribution in [-0.2, 0) is 14.3 Å². The number of anilines is 1. The highest BCUT2D eigenvalue weighted by molar-refractivity contribution is 7.13. The predicted octanol–water partition coefficient (Wildman–Crippen LogP) is 1.01. The summed E-state index contributed by atoms with van der Waals surface area (Å²) >= 11 is 1.38. The number of aldehydes is 1.